The summed E-state index contributed by atoms with van der Waals surface area (Å²) in [6.45, 7) is 2.24. The maximum Gasteiger partial charge on any atom is 0.310 e. The number of methoxy groups -OCH3 is 3. The van der Waals surface area contributed by atoms with Gasteiger partial charge >= 0.3 is 5.97 Å². The SMILES string of the molecule is COC(=O)C(C)CN(CCCO)C(=O)/C=C/c1ccc(OC)c(OC)c1. The molecule has 0 aliphatic carbocycles. The lowest BCUT2D eigenvalue weighted by atomic mass is 10.1. The highest BCUT2D eigenvalue weighted by molar-refractivity contribution is 5.92. The van der Waals surface area contributed by atoms with E-state index in [0.29, 0.717) is 24.5 Å². The van der Waals surface area contributed by atoms with Crippen molar-refractivity contribution in [1.82, 2.24) is 4.90 Å². The number of hydrogen-bond acceptors (Lipinski definition) is 6. The molecular formula is C19H27NO6. The summed E-state index contributed by atoms with van der Waals surface area (Å²) >= 11 is 0. The molecule has 0 aliphatic rings. The van der Waals surface area contributed by atoms with Crippen LogP contribution < -0.4 is 9.47 Å². The summed E-state index contributed by atoms with van der Waals surface area (Å²) in [4.78, 5) is 25.6. The maximum absolute atomic E-state index is 12.5. The van der Waals surface area contributed by atoms with E-state index in [1.807, 2.05) is 0 Å². The van der Waals surface area contributed by atoms with E-state index in [1.54, 1.807) is 45.4 Å². The van der Waals surface area contributed by atoms with Gasteiger partial charge in [-0.15, -0.1) is 0 Å². The third-order valence-corrected chi connectivity index (χ3v) is 3.82. The van der Waals surface area contributed by atoms with Gasteiger partial charge in [0.2, 0.25) is 5.91 Å². The third kappa shape index (κ3) is 6.40. The highest BCUT2D eigenvalue weighted by Crippen LogP contribution is 2.28. The quantitative estimate of drug-likeness (QED) is 0.502. The Morgan fingerprint density at radius 2 is 1.88 bits per heavy atom. The van der Waals surface area contributed by atoms with Gasteiger partial charge in [0.25, 0.3) is 0 Å². The fraction of sp³-hybridized carbons (Fsp3) is 0.474. The zero-order valence-electron chi connectivity index (χ0n) is 15.7. The standard InChI is InChI=1S/C19H27NO6/c1-14(19(23)26-4)13-20(10-5-11-21)18(22)9-7-15-6-8-16(24-2)17(12-15)25-3/h6-9,12,14,21H,5,10-11,13H2,1-4H3/b9-7+. The monoisotopic (exact) mass is 365 g/mol. The summed E-state index contributed by atoms with van der Waals surface area (Å²) in [5.74, 6) is 0.0998. The average molecular weight is 365 g/mol. The molecule has 1 unspecified atom stereocenters. The van der Waals surface area contributed by atoms with Gasteiger partial charge in [0, 0.05) is 25.8 Å². The van der Waals surface area contributed by atoms with E-state index in [4.69, 9.17) is 19.3 Å². The van der Waals surface area contributed by atoms with Crippen LogP contribution in [0.25, 0.3) is 6.08 Å². The van der Waals surface area contributed by atoms with Crippen molar-refractivity contribution < 1.29 is 28.9 Å². The second-order valence-electron chi connectivity index (χ2n) is 5.73. The summed E-state index contributed by atoms with van der Waals surface area (Å²) in [7, 11) is 4.41. The second-order valence-corrected chi connectivity index (χ2v) is 5.73. The van der Waals surface area contributed by atoms with Crippen molar-refractivity contribution in [3.63, 3.8) is 0 Å². The molecule has 0 aromatic heterocycles. The van der Waals surface area contributed by atoms with Crippen LogP contribution in [0.3, 0.4) is 0 Å². The van der Waals surface area contributed by atoms with E-state index in [9.17, 15) is 9.59 Å². The van der Waals surface area contributed by atoms with Gasteiger partial charge in [0.15, 0.2) is 11.5 Å². The number of aliphatic hydroxyl groups is 1. The van der Waals surface area contributed by atoms with Crippen LogP contribution in [0.4, 0.5) is 0 Å². The van der Waals surface area contributed by atoms with Crippen LogP contribution in [0.1, 0.15) is 18.9 Å². The van der Waals surface area contributed by atoms with Gasteiger partial charge in [-0.2, -0.15) is 0 Å². The number of carbonyl (C=O) groups excluding carboxylic acids is 2. The summed E-state index contributed by atoms with van der Waals surface area (Å²) in [6, 6.07) is 5.32. The molecule has 7 nitrogen and oxygen atoms in total. The summed E-state index contributed by atoms with van der Waals surface area (Å²) in [6.07, 6.45) is 3.53. The number of amides is 1. The fourth-order valence-electron chi connectivity index (χ4n) is 2.39. The van der Waals surface area contributed by atoms with E-state index in [-0.39, 0.29) is 25.0 Å². The number of ether oxygens (including phenoxy) is 3. The predicted octanol–water partition coefficient (Wildman–Crippen LogP) is 1.74. The molecule has 0 radical (unpaired) electrons. The molecule has 1 aromatic carbocycles. The predicted molar refractivity (Wildman–Crippen MR) is 98.0 cm³/mol. The van der Waals surface area contributed by atoms with Crippen molar-refractivity contribution in [2.75, 3.05) is 41.0 Å². The topological polar surface area (TPSA) is 85.3 Å². The van der Waals surface area contributed by atoms with Crippen LogP contribution >= 0.6 is 0 Å². The van der Waals surface area contributed by atoms with Crippen LogP contribution in [-0.2, 0) is 14.3 Å². The number of nitrogens with zero attached hydrogens (tertiary/aromatic N) is 1. The minimum atomic E-state index is -0.447. The molecule has 1 aromatic rings. The molecule has 1 amide bonds. The lowest BCUT2D eigenvalue weighted by Gasteiger charge is -2.23. The van der Waals surface area contributed by atoms with Crippen molar-refractivity contribution in [1.29, 1.82) is 0 Å². The van der Waals surface area contributed by atoms with E-state index in [0.717, 1.165) is 5.56 Å². The second kappa shape index (κ2) is 11.1. The Balaban J connectivity index is 2.87. The number of benzene rings is 1. The highest BCUT2D eigenvalue weighted by atomic mass is 16.5. The molecule has 144 valence electrons. The first-order valence-corrected chi connectivity index (χ1v) is 8.34. The molecule has 0 heterocycles. The van der Waals surface area contributed by atoms with Gasteiger partial charge in [-0.1, -0.05) is 13.0 Å². The largest absolute Gasteiger partial charge is 0.493 e. The number of rotatable bonds is 10. The van der Waals surface area contributed by atoms with Crippen LogP contribution in [-0.4, -0.2) is 62.9 Å². The molecule has 0 saturated carbocycles. The van der Waals surface area contributed by atoms with E-state index < -0.39 is 5.92 Å². The normalized spacial score (nSPS) is 11.9. The van der Waals surface area contributed by atoms with Crippen molar-refractivity contribution in [3.8, 4) is 11.5 Å². The third-order valence-electron chi connectivity index (χ3n) is 3.82. The van der Waals surface area contributed by atoms with E-state index in [2.05, 4.69) is 0 Å². The molecule has 0 fully saturated rings. The van der Waals surface area contributed by atoms with Crippen LogP contribution in [0, 0.1) is 5.92 Å². The summed E-state index contributed by atoms with van der Waals surface area (Å²) < 4.78 is 15.1. The molecule has 0 saturated heterocycles. The Bertz CT molecular complexity index is 628. The average Bonchev–Trinajstić information content (AvgIpc) is 2.67. The van der Waals surface area contributed by atoms with Gasteiger partial charge < -0.3 is 24.2 Å². The van der Waals surface area contributed by atoms with Gasteiger partial charge in [-0.05, 0) is 30.2 Å². The number of carbonyl (C=O) groups is 2. The molecule has 0 spiro atoms. The Hall–Kier alpha value is -2.54. The minimum absolute atomic E-state index is 0.0320. The summed E-state index contributed by atoms with van der Waals surface area (Å²) in [5.41, 5.74) is 0.777. The van der Waals surface area contributed by atoms with Crippen molar-refractivity contribution in [2.24, 2.45) is 5.92 Å². The minimum Gasteiger partial charge on any atom is -0.493 e. The molecule has 0 aliphatic heterocycles. The lowest BCUT2D eigenvalue weighted by molar-refractivity contribution is -0.146. The molecular weight excluding hydrogens is 338 g/mol. The first-order chi connectivity index (χ1) is 12.5. The van der Waals surface area contributed by atoms with Crippen molar-refractivity contribution in [2.45, 2.75) is 13.3 Å². The van der Waals surface area contributed by atoms with E-state index >= 15 is 0 Å². The van der Waals surface area contributed by atoms with Gasteiger partial charge in [-0.25, -0.2) is 0 Å². The first-order valence-electron chi connectivity index (χ1n) is 8.34. The smallest absolute Gasteiger partial charge is 0.310 e. The molecule has 0 bridgehead atoms. The van der Waals surface area contributed by atoms with Gasteiger partial charge in [-0.3, -0.25) is 9.59 Å². The first kappa shape index (κ1) is 21.5. The Kier molecular flexibility index (Phi) is 9.22. The molecule has 1 N–H and O–H groups in total. The van der Waals surface area contributed by atoms with Crippen LogP contribution in [0.15, 0.2) is 24.3 Å². The molecule has 26 heavy (non-hydrogen) atoms. The maximum atomic E-state index is 12.5. The lowest BCUT2D eigenvalue weighted by Crippen LogP contribution is -2.37. The molecule has 7 heteroatoms. The van der Waals surface area contributed by atoms with Crippen LogP contribution in [0.5, 0.6) is 11.5 Å². The number of aliphatic hydroxyl groups excluding tert-OH is 1. The zero-order chi connectivity index (χ0) is 19.5. The van der Waals surface area contributed by atoms with Crippen molar-refractivity contribution >= 4 is 18.0 Å². The Labute approximate surface area is 154 Å². The van der Waals surface area contributed by atoms with Crippen molar-refractivity contribution in [3.05, 3.63) is 29.8 Å². The number of hydrogen-bond donors (Lipinski definition) is 1. The Morgan fingerprint density at radius 3 is 2.46 bits per heavy atom. The van der Waals surface area contributed by atoms with Crippen LogP contribution in [0.2, 0.25) is 0 Å². The Morgan fingerprint density at radius 1 is 1.19 bits per heavy atom. The van der Waals surface area contributed by atoms with Gasteiger partial charge in [0.1, 0.15) is 0 Å². The van der Waals surface area contributed by atoms with Gasteiger partial charge in [0.05, 0.1) is 27.2 Å². The summed E-state index contributed by atoms with van der Waals surface area (Å²) in [5, 5.41) is 9.03. The highest BCUT2D eigenvalue weighted by Gasteiger charge is 2.20. The fourth-order valence-corrected chi connectivity index (χ4v) is 2.39. The van der Waals surface area contributed by atoms with E-state index in [1.165, 1.54) is 18.1 Å². The molecule has 1 rings (SSSR count). The molecule has 1 atom stereocenters. The zero-order valence-corrected chi connectivity index (χ0v) is 15.7. The number of esters is 1.